The summed E-state index contributed by atoms with van der Waals surface area (Å²) in [6.07, 6.45) is 0. The molecule has 0 aromatic heterocycles. The lowest BCUT2D eigenvalue weighted by Crippen LogP contribution is -2.42. The lowest BCUT2D eigenvalue weighted by atomic mass is 9.87. The molecule has 12 heteroatoms. The molecule has 0 fully saturated rings. The topological polar surface area (TPSA) is 89.5 Å². The maximum atomic E-state index is 12.6. The number of alkyl halides is 3. The minimum absolute atomic E-state index is 0.0381. The largest absolute Gasteiger partial charge is 0.512 e. The van der Waals surface area contributed by atoms with E-state index >= 15 is 0 Å². The number of benzene rings is 3. The minimum Gasteiger partial charge on any atom is -0.370 e. The highest BCUT2D eigenvalue weighted by molar-refractivity contribution is 8.03. The predicted octanol–water partition coefficient (Wildman–Crippen LogP) is 6.44. The molecule has 0 saturated heterocycles. The lowest BCUT2D eigenvalue weighted by Gasteiger charge is -2.20. The van der Waals surface area contributed by atoms with Gasteiger partial charge in [-0.2, -0.15) is 21.6 Å². The van der Waals surface area contributed by atoms with Gasteiger partial charge in [-0.1, -0.05) is 69.9 Å². The molecule has 0 atom stereocenters. The van der Waals surface area contributed by atoms with Crippen molar-refractivity contribution in [3.05, 3.63) is 83.9 Å². The van der Waals surface area contributed by atoms with Crippen molar-refractivity contribution in [1.29, 1.82) is 0 Å². The second kappa shape index (κ2) is 10.8. The van der Waals surface area contributed by atoms with Crippen LogP contribution in [-0.2, 0) is 42.1 Å². The zero-order valence-electron chi connectivity index (χ0n) is 22.3. The van der Waals surface area contributed by atoms with Gasteiger partial charge in [-0.25, -0.2) is 8.42 Å². The van der Waals surface area contributed by atoms with Crippen LogP contribution in [-0.4, -0.2) is 22.3 Å². The van der Waals surface area contributed by atoms with E-state index in [1.807, 2.05) is 24.3 Å². The Bertz CT molecular complexity index is 1450. The summed E-state index contributed by atoms with van der Waals surface area (Å²) in [5.74, 6) is -0.349. The Labute approximate surface area is 231 Å². The summed E-state index contributed by atoms with van der Waals surface area (Å²) in [5, 5.41) is 0. The van der Waals surface area contributed by atoms with Crippen molar-refractivity contribution in [2.75, 3.05) is 0 Å². The van der Waals surface area contributed by atoms with Gasteiger partial charge in [-0.05, 0) is 70.5 Å². The number of hydrogen-bond acceptors (Lipinski definition) is 5. The molecule has 1 N–H and O–H groups in total. The Morgan fingerprint density at radius 1 is 0.615 bits per heavy atom. The van der Waals surface area contributed by atoms with Crippen LogP contribution in [0.3, 0.4) is 0 Å². The maximum Gasteiger partial charge on any atom is 0.512 e. The summed E-state index contributed by atoms with van der Waals surface area (Å²) >= 11 is 0. The number of halogens is 3. The second-order valence-corrected chi connectivity index (χ2v) is 16.1. The molecule has 39 heavy (non-hydrogen) atoms. The highest BCUT2D eigenvalue weighted by Crippen LogP contribution is 2.35. The van der Waals surface area contributed by atoms with Crippen molar-refractivity contribution in [3.63, 3.8) is 0 Å². The van der Waals surface area contributed by atoms with E-state index in [-0.39, 0.29) is 16.6 Å². The van der Waals surface area contributed by atoms with Gasteiger partial charge in [0.15, 0.2) is 14.7 Å². The van der Waals surface area contributed by atoms with Gasteiger partial charge in [-0.15, -0.1) is 0 Å². The molecular weight excluding hydrogens is 571 g/mol. The van der Waals surface area contributed by atoms with E-state index in [4.69, 9.17) is 0 Å². The van der Waals surface area contributed by atoms with Gasteiger partial charge in [0, 0.05) is 0 Å². The second-order valence-electron chi connectivity index (χ2n) is 10.9. The average Bonchev–Trinajstić information content (AvgIpc) is 2.78. The van der Waals surface area contributed by atoms with E-state index in [9.17, 15) is 30.0 Å². The first kappa shape index (κ1) is 31.0. The average molecular weight is 603 g/mol. The fourth-order valence-corrected chi connectivity index (χ4v) is 7.54. The van der Waals surface area contributed by atoms with E-state index in [1.165, 1.54) is 12.1 Å². The number of sulfonamides is 1. The van der Waals surface area contributed by atoms with Gasteiger partial charge in [0.2, 0.25) is 0 Å². The first-order valence-electron chi connectivity index (χ1n) is 11.8. The molecule has 0 spiro atoms. The van der Waals surface area contributed by atoms with Crippen molar-refractivity contribution in [3.8, 4) is 5.75 Å². The smallest absolute Gasteiger partial charge is 0.370 e. The van der Waals surface area contributed by atoms with Gasteiger partial charge >= 0.3 is 25.8 Å². The quantitative estimate of drug-likeness (QED) is 0.315. The zero-order valence-corrected chi connectivity index (χ0v) is 24.8. The van der Waals surface area contributed by atoms with E-state index in [1.54, 1.807) is 12.1 Å². The number of rotatable bonds is 7. The fraction of sp³-hybridized carbons (Fsp3) is 0.333. The highest BCUT2D eigenvalue weighted by Gasteiger charge is 2.49. The van der Waals surface area contributed by atoms with Crippen LogP contribution < -0.4 is 8.31 Å². The molecule has 0 unspecified atom stereocenters. The Hall–Kier alpha value is -2.54. The summed E-state index contributed by atoms with van der Waals surface area (Å²) in [4.78, 5) is 2.80. The SMILES string of the molecule is CC(C)(C)c1ccc([S+](c2ccc(OS(=O)(=O)NS(=O)(=O)C(F)(F)F)cc2)c2ccc(C(C)(C)C)cc2)cc1. The van der Waals surface area contributed by atoms with Gasteiger partial charge in [0.05, 0.1) is 10.9 Å². The molecule has 3 aromatic carbocycles. The monoisotopic (exact) mass is 602 g/mol. The summed E-state index contributed by atoms with van der Waals surface area (Å²) < 4.78 is 89.1. The van der Waals surface area contributed by atoms with E-state index in [0.29, 0.717) is 4.13 Å². The fourth-order valence-electron chi connectivity index (χ4n) is 3.55. The van der Waals surface area contributed by atoms with E-state index in [0.717, 1.165) is 25.8 Å². The van der Waals surface area contributed by atoms with Crippen LogP contribution >= 0.6 is 0 Å². The molecule has 6 nitrogen and oxygen atoms in total. The van der Waals surface area contributed by atoms with Crippen LogP contribution in [0, 0.1) is 0 Å². The predicted molar refractivity (Wildman–Crippen MR) is 147 cm³/mol. The molecule has 0 heterocycles. The number of hydrogen-bond donors (Lipinski definition) is 1. The minimum atomic E-state index is -6.16. The van der Waals surface area contributed by atoms with Crippen LogP contribution in [0.1, 0.15) is 52.7 Å². The van der Waals surface area contributed by atoms with Crippen LogP contribution in [0.25, 0.3) is 0 Å². The van der Waals surface area contributed by atoms with Gasteiger partial charge in [0.1, 0.15) is 5.75 Å². The Balaban J connectivity index is 1.98. The van der Waals surface area contributed by atoms with Gasteiger partial charge < -0.3 is 4.18 Å². The van der Waals surface area contributed by atoms with Crippen molar-refractivity contribution in [1.82, 2.24) is 4.13 Å². The van der Waals surface area contributed by atoms with Crippen molar-refractivity contribution in [2.24, 2.45) is 0 Å². The van der Waals surface area contributed by atoms with Crippen LogP contribution in [0.4, 0.5) is 13.2 Å². The maximum absolute atomic E-state index is 12.6. The third kappa shape index (κ3) is 7.77. The van der Waals surface area contributed by atoms with Crippen molar-refractivity contribution in [2.45, 2.75) is 72.6 Å². The van der Waals surface area contributed by atoms with Crippen LogP contribution in [0.15, 0.2) is 87.5 Å². The molecule has 3 aromatic rings. The zero-order chi connectivity index (χ0) is 29.4. The van der Waals surface area contributed by atoms with E-state index < -0.39 is 36.7 Å². The number of nitrogens with one attached hydrogen (secondary N) is 1. The highest BCUT2D eigenvalue weighted by atomic mass is 32.3. The molecule has 0 bridgehead atoms. The van der Waals surface area contributed by atoms with Crippen molar-refractivity contribution < 1.29 is 34.2 Å². The molecule has 0 aliphatic heterocycles. The third-order valence-corrected chi connectivity index (χ3v) is 10.6. The van der Waals surface area contributed by atoms with Crippen LogP contribution in [0.2, 0.25) is 0 Å². The summed E-state index contributed by atoms with van der Waals surface area (Å²) in [7, 11) is -12.1. The molecule has 0 radical (unpaired) electrons. The molecule has 0 aliphatic carbocycles. The molecule has 3 rings (SSSR count). The Morgan fingerprint density at radius 3 is 1.26 bits per heavy atom. The normalized spacial score (nSPS) is 13.5. The summed E-state index contributed by atoms with van der Waals surface area (Å²) in [6.45, 7) is 12.7. The Morgan fingerprint density at radius 2 is 0.949 bits per heavy atom. The molecular formula is C27H31F3NO5S3+. The van der Waals surface area contributed by atoms with Crippen LogP contribution in [0.5, 0.6) is 5.75 Å². The Kier molecular flexibility index (Phi) is 8.58. The summed E-state index contributed by atoms with van der Waals surface area (Å²) in [5.41, 5.74) is -3.57. The first-order chi connectivity index (χ1) is 17.7. The summed E-state index contributed by atoms with van der Waals surface area (Å²) in [6, 6.07) is 22.2. The van der Waals surface area contributed by atoms with Gasteiger partial charge in [-0.3, -0.25) is 0 Å². The van der Waals surface area contributed by atoms with Crippen molar-refractivity contribution >= 4 is 31.2 Å². The first-order valence-corrected chi connectivity index (χ1v) is 15.9. The molecule has 0 saturated carbocycles. The standard InChI is InChI=1S/C27H31F3NO5S3/c1-25(2,3)19-7-13-22(14-8-19)37(23-15-9-20(10-16-23)26(4,5)6)24-17-11-21(12-18-24)36-39(34,35)31-38(32,33)27(28,29)30/h7-18,31H,1-6H3/q+1. The lowest BCUT2D eigenvalue weighted by molar-refractivity contribution is -0.0442. The van der Waals surface area contributed by atoms with Gasteiger partial charge in [0.25, 0.3) is 0 Å². The molecule has 0 amide bonds. The molecule has 212 valence electrons. The molecule has 0 aliphatic rings. The van der Waals surface area contributed by atoms with E-state index in [2.05, 4.69) is 70.0 Å². The third-order valence-electron chi connectivity index (χ3n) is 5.69.